The molecule has 1 amide bonds. The summed E-state index contributed by atoms with van der Waals surface area (Å²) in [4.78, 5) is 17.1. The highest BCUT2D eigenvalue weighted by Gasteiger charge is 2.10. The number of fused-ring (bicyclic) bond motifs is 1. The van der Waals surface area contributed by atoms with Gasteiger partial charge in [0.05, 0.1) is 16.1 Å². The minimum absolute atomic E-state index is 0.211. The van der Waals surface area contributed by atoms with E-state index in [1.165, 1.54) is 11.3 Å². The van der Waals surface area contributed by atoms with Crippen LogP contribution in [0.1, 0.15) is 15.4 Å². The van der Waals surface area contributed by atoms with Crippen molar-refractivity contribution in [2.75, 3.05) is 5.32 Å². The predicted octanol–water partition coefficient (Wildman–Crippen LogP) is 3.73. The van der Waals surface area contributed by atoms with E-state index < -0.39 is 0 Å². The van der Waals surface area contributed by atoms with Gasteiger partial charge in [0.15, 0.2) is 5.11 Å². The van der Waals surface area contributed by atoms with Gasteiger partial charge in [0.1, 0.15) is 0 Å². The Kier molecular flexibility index (Phi) is 4.13. The van der Waals surface area contributed by atoms with Crippen LogP contribution in [0.5, 0.6) is 0 Å². The summed E-state index contributed by atoms with van der Waals surface area (Å²) in [5.41, 5.74) is 2.53. The van der Waals surface area contributed by atoms with Gasteiger partial charge in [-0.05, 0) is 42.7 Å². The van der Waals surface area contributed by atoms with Crippen LogP contribution in [0, 0.1) is 6.92 Å². The number of benzene rings is 1. The molecule has 2 N–H and O–H groups in total. The number of nitrogens with one attached hydrogen (secondary N) is 2. The van der Waals surface area contributed by atoms with Crippen molar-refractivity contribution < 1.29 is 4.79 Å². The summed E-state index contributed by atoms with van der Waals surface area (Å²) in [5, 5.41) is 8.85. The Hall–Kier alpha value is -2.31. The van der Waals surface area contributed by atoms with E-state index in [4.69, 9.17) is 12.2 Å². The Balaban J connectivity index is 1.79. The molecule has 0 saturated heterocycles. The quantitative estimate of drug-likeness (QED) is 0.704. The van der Waals surface area contributed by atoms with Crippen LogP contribution in [0.15, 0.2) is 47.8 Å². The molecule has 3 aromatic rings. The first-order chi connectivity index (χ1) is 10.6. The maximum Gasteiger partial charge on any atom is 0.267 e. The molecule has 0 saturated carbocycles. The van der Waals surface area contributed by atoms with Gasteiger partial charge in [0.25, 0.3) is 5.91 Å². The van der Waals surface area contributed by atoms with E-state index in [1.807, 2.05) is 48.7 Å². The van der Waals surface area contributed by atoms with E-state index in [9.17, 15) is 4.79 Å². The van der Waals surface area contributed by atoms with Crippen LogP contribution in [0.4, 0.5) is 5.69 Å². The third kappa shape index (κ3) is 3.13. The number of aromatic nitrogens is 1. The van der Waals surface area contributed by atoms with Crippen LogP contribution in [0.25, 0.3) is 10.9 Å². The summed E-state index contributed by atoms with van der Waals surface area (Å²) in [7, 11) is 0. The molecule has 4 nitrogen and oxygen atoms in total. The number of para-hydroxylation sites is 1. The number of thiophene rings is 1. The highest BCUT2D eigenvalue weighted by Crippen LogP contribution is 2.21. The van der Waals surface area contributed by atoms with Crippen LogP contribution >= 0.6 is 23.6 Å². The van der Waals surface area contributed by atoms with Crippen LogP contribution in [0.2, 0.25) is 0 Å². The monoisotopic (exact) mass is 327 g/mol. The summed E-state index contributed by atoms with van der Waals surface area (Å²) in [5.74, 6) is -0.211. The zero-order chi connectivity index (χ0) is 15.5. The van der Waals surface area contributed by atoms with Crippen molar-refractivity contribution in [2.24, 2.45) is 0 Å². The number of thiocarbonyl (C=S) groups is 1. The molecule has 0 spiro atoms. The third-order valence-corrected chi connectivity index (χ3v) is 4.15. The molecule has 0 radical (unpaired) electrons. The number of hydrogen-bond donors (Lipinski definition) is 2. The minimum Gasteiger partial charge on any atom is -0.331 e. The first kappa shape index (κ1) is 14.6. The highest BCUT2D eigenvalue weighted by atomic mass is 32.1. The van der Waals surface area contributed by atoms with Gasteiger partial charge < -0.3 is 5.32 Å². The molecule has 2 heterocycles. The maximum absolute atomic E-state index is 12.0. The van der Waals surface area contributed by atoms with Crippen LogP contribution in [0.3, 0.4) is 0 Å². The molecule has 0 unspecified atom stereocenters. The molecular weight excluding hydrogens is 314 g/mol. The molecule has 0 atom stereocenters. The number of aryl methyl sites for hydroxylation is 1. The van der Waals surface area contributed by atoms with Gasteiger partial charge in [-0.1, -0.05) is 24.3 Å². The average Bonchev–Trinajstić information content (AvgIpc) is 3.02. The maximum atomic E-state index is 12.0. The van der Waals surface area contributed by atoms with Gasteiger partial charge in [-0.15, -0.1) is 11.3 Å². The molecule has 0 aliphatic rings. The SMILES string of the molecule is Cc1ccc2cccc(NC(=S)NC(=O)c3cccs3)c2n1. The normalized spacial score (nSPS) is 10.4. The smallest absolute Gasteiger partial charge is 0.267 e. The molecule has 3 rings (SSSR count). The number of hydrogen-bond acceptors (Lipinski definition) is 4. The Morgan fingerprint density at radius 3 is 2.82 bits per heavy atom. The molecule has 6 heteroatoms. The van der Waals surface area contributed by atoms with Gasteiger partial charge in [-0.3, -0.25) is 15.1 Å². The minimum atomic E-state index is -0.211. The summed E-state index contributed by atoms with van der Waals surface area (Å²) in [6.45, 7) is 1.94. The largest absolute Gasteiger partial charge is 0.331 e. The predicted molar refractivity (Wildman–Crippen MR) is 94.5 cm³/mol. The Labute approximate surface area is 137 Å². The molecular formula is C16H13N3OS2. The van der Waals surface area contributed by atoms with Crippen molar-refractivity contribution in [1.29, 1.82) is 0 Å². The fourth-order valence-corrected chi connectivity index (χ4v) is 2.89. The average molecular weight is 327 g/mol. The highest BCUT2D eigenvalue weighted by molar-refractivity contribution is 7.80. The topological polar surface area (TPSA) is 54.0 Å². The molecule has 110 valence electrons. The van der Waals surface area contributed by atoms with Crippen molar-refractivity contribution in [3.63, 3.8) is 0 Å². The summed E-state index contributed by atoms with van der Waals surface area (Å²) < 4.78 is 0. The van der Waals surface area contributed by atoms with Gasteiger partial charge in [0, 0.05) is 11.1 Å². The number of rotatable bonds is 2. The van der Waals surface area contributed by atoms with E-state index in [-0.39, 0.29) is 11.0 Å². The van der Waals surface area contributed by atoms with Crippen LogP contribution in [-0.2, 0) is 0 Å². The van der Waals surface area contributed by atoms with Crippen molar-refractivity contribution in [2.45, 2.75) is 6.92 Å². The standard InChI is InChI=1S/C16H13N3OS2/c1-10-7-8-11-4-2-5-12(14(11)17-10)18-16(21)19-15(20)13-6-3-9-22-13/h2-9H,1H3,(H2,18,19,20,21). The fraction of sp³-hybridized carbons (Fsp3) is 0.0625. The Morgan fingerprint density at radius 1 is 1.18 bits per heavy atom. The summed E-state index contributed by atoms with van der Waals surface area (Å²) in [6.07, 6.45) is 0. The number of anilines is 1. The zero-order valence-corrected chi connectivity index (χ0v) is 13.4. The van der Waals surface area contributed by atoms with Crippen molar-refractivity contribution in [3.8, 4) is 0 Å². The van der Waals surface area contributed by atoms with Gasteiger partial charge in [-0.25, -0.2) is 0 Å². The lowest BCUT2D eigenvalue weighted by Gasteiger charge is -2.11. The summed E-state index contributed by atoms with van der Waals surface area (Å²) >= 11 is 6.59. The Morgan fingerprint density at radius 2 is 2.05 bits per heavy atom. The number of pyridine rings is 1. The van der Waals surface area contributed by atoms with Crippen molar-refractivity contribution in [1.82, 2.24) is 10.3 Å². The molecule has 1 aromatic carbocycles. The lowest BCUT2D eigenvalue weighted by molar-refractivity contribution is 0.0981. The molecule has 0 aliphatic heterocycles. The van der Waals surface area contributed by atoms with Crippen molar-refractivity contribution in [3.05, 3.63) is 58.4 Å². The molecule has 0 bridgehead atoms. The van der Waals surface area contributed by atoms with E-state index >= 15 is 0 Å². The lowest BCUT2D eigenvalue weighted by atomic mass is 10.2. The molecule has 22 heavy (non-hydrogen) atoms. The number of carbonyl (C=O) groups is 1. The lowest BCUT2D eigenvalue weighted by Crippen LogP contribution is -2.33. The van der Waals surface area contributed by atoms with Gasteiger partial charge in [0.2, 0.25) is 0 Å². The van der Waals surface area contributed by atoms with E-state index in [0.29, 0.717) is 4.88 Å². The van der Waals surface area contributed by atoms with E-state index in [0.717, 1.165) is 22.3 Å². The Bertz CT molecular complexity index is 844. The van der Waals surface area contributed by atoms with Gasteiger partial charge in [-0.2, -0.15) is 0 Å². The third-order valence-electron chi connectivity index (χ3n) is 3.08. The fourth-order valence-electron chi connectivity index (χ4n) is 2.07. The summed E-state index contributed by atoms with van der Waals surface area (Å²) in [6, 6.07) is 13.3. The first-order valence-electron chi connectivity index (χ1n) is 6.66. The van der Waals surface area contributed by atoms with Crippen molar-refractivity contribution >= 4 is 51.2 Å². The van der Waals surface area contributed by atoms with Crippen LogP contribution < -0.4 is 10.6 Å². The molecule has 2 aromatic heterocycles. The van der Waals surface area contributed by atoms with E-state index in [2.05, 4.69) is 15.6 Å². The van der Waals surface area contributed by atoms with Crippen LogP contribution in [-0.4, -0.2) is 16.0 Å². The number of nitrogens with zero attached hydrogens (tertiary/aromatic N) is 1. The first-order valence-corrected chi connectivity index (χ1v) is 7.94. The second-order valence-corrected chi connectivity index (χ2v) is 6.07. The second-order valence-electron chi connectivity index (χ2n) is 4.72. The molecule has 0 fully saturated rings. The second kappa shape index (κ2) is 6.21. The number of carbonyl (C=O) groups excluding carboxylic acids is 1. The number of amides is 1. The van der Waals surface area contributed by atoms with E-state index in [1.54, 1.807) is 6.07 Å². The molecule has 0 aliphatic carbocycles. The van der Waals surface area contributed by atoms with Gasteiger partial charge >= 0.3 is 0 Å². The zero-order valence-electron chi connectivity index (χ0n) is 11.8.